The molecule has 2 saturated heterocycles. The highest BCUT2D eigenvalue weighted by Crippen LogP contribution is 2.26. The first-order chi connectivity index (χ1) is 12.6. The van der Waals surface area contributed by atoms with Gasteiger partial charge in [-0.05, 0) is 46.2 Å². The van der Waals surface area contributed by atoms with Crippen molar-refractivity contribution in [2.75, 3.05) is 51.3 Å². The molecule has 0 spiro atoms. The summed E-state index contributed by atoms with van der Waals surface area (Å²) in [5.74, 6) is 1.51. The van der Waals surface area contributed by atoms with Crippen LogP contribution in [0, 0.1) is 0 Å². The number of ether oxygens (including phenoxy) is 1. The van der Waals surface area contributed by atoms with E-state index in [2.05, 4.69) is 38.5 Å². The molecular formula is C19H33N5O2. The Labute approximate surface area is 157 Å². The number of nitrogens with zero attached hydrogens (tertiary/aromatic N) is 5. The maximum absolute atomic E-state index is 9.59. The average Bonchev–Trinajstić information content (AvgIpc) is 2.68. The van der Waals surface area contributed by atoms with E-state index in [1.54, 1.807) is 13.4 Å². The van der Waals surface area contributed by atoms with Crippen molar-refractivity contribution in [3.8, 4) is 5.88 Å². The Kier molecular flexibility index (Phi) is 6.67. The minimum absolute atomic E-state index is 0.229. The Balaban J connectivity index is 1.64. The standard InChI is InChI=1S/C19H33N5O2/c1-15(2)22-7-4-16(5-8-22)24-10-9-23(13-17(24)6-11-25)18-12-19(26-3)21-14-20-18/h12,14-17,25H,4-11,13H2,1-3H3. The smallest absolute Gasteiger partial charge is 0.218 e. The van der Waals surface area contributed by atoms with Gasteiger partial charge < -0.3 is 19.6 Å². The van der Waals surface area contributed by atoms with E-state index in [1.807, 2.05) is 6.07 Å². The number of anilines is 1. The minimum atomic E-state index is 0.229. The fourth-order valence-electron chi connectivity index (χ4n) is 4.31. The molecule has 7 nitrogen and oxygen atoms in total. The van der Waals surface area contributed by atoms with E-state index in [-0.39, 0.29) is 6.61 Å². The van der Waals surface area contributed by atoms with E-state index in [1.165, 1.54) is 25.9 Å². The summed E-state index contributed by atoms with van der Waals surface area (Å²) < 4.78 is 5.23. The van der Waals surface area contributed by atoms with Crippen molar-refractivity contribution in [3.05, 3.63) is 12.4 Å². The fourth-order valence-corrected chi connectivity index (χ4v) is 4.31. The van der Waals surface area contributed by atoms with Gasteiger partial charge in [-0.1, -0.05) is 0 Å². The summed E-state index contributed by atoms with van der Waals surface area (Å²) in [5, 5.41) is 9.59. The molecule has 3 rings (SSSR count). The Hall–Kier alpha value is -1.44. The summed E-state index contributed by atoms with van der Waals surface area (Å²) in [6, 6.07) is 3.52. The predicted molar refractivity (Wildman–Crippen MR) is 103 cm³/mol. The number of piperidine rings is 1. The van der Waals surface area contributed by atoms with Crippen molar-refractivity contribution in [1.29, 1.82) is 0 Å². The van der Waals surface area contributed by atoms with Gasteiger partial charge >= 0.3 is 0 Å². The molecule has 0 amide bonds. The van der Waals surface area contributed by atoms with Crippen LogP contribution in [0.5, 0.6) is 5.88 Å². The van der Waals surface area contributed by atoms with Gasteiger partial charge in [-0.15, -0.1) is 0 Å². The van der Waals surface area contributed by atoms with Crippen molar-refractivity contribution in [3.63, 3.8) is 0 Å². The third kappa shape index (κ3) is 4.45. The van der Waals surface area contributed by atoms with Gasteiger partial charge in [-0.3, -0.25) is 4.90 Å². The summed E-state index contributed by atoms with van der Waals surface area (Å²) in [5.41, 5.74) is 0. The lowest BCUT2D eigenvalue weighted by atomic mass is 9.97. The molecule has 2 aliphatic heterocycles. The number of methoxy groups -OCH3 is 1. The number of aliphatic hydroxyl groups is 1. The molecule has 7 heteroatoms. The second kappa shape index (κ2) is 8.97. The van der Waals surface area contributed by atoms with Crippen LogP contribution in [-0.4, -0.2) is 89.4 Å². The van der Waals surface area contributed by atoms with Crippen molar-refractivity contribution in [2.24, 2.45) is 0 Å². The zero-order valence-corrected chi connectivity index (χ0v) is 16.3. The van der Waals surface area contributed by atoms with Gasteiger partial charge in [0.2, 0.25) is 5.88 Å². The number of aliphatic hydroxyl groups excluding tert-OH is 1. The Morgan fingerprint density at radius 1 is 1.19 bits per heavy atom. The lowest BCUT2D eigenvalue weighted by Gasteiger charge is -2.48. The van der Waals surface area contributed by atoms with Crippen molar-refractivity contribution in [1.82, 2.24) is 19.8 Å². The van der Waals surface area contributed by atoms with E-state index in [0.717, 1.165) is 31.9 Å². The van der Waals surface area contributed by atoms with Gasteiger partial charge in [0, 0.05) is 50.4 Å². The molecule has 2 aliphatic rings. The van der Waals surface area contributed by atoms with Gasteiger partial charge in [0.1, 0.15) is 12.1 Å². The molecule has 1 aromatic rings. The Morgan fingerprint density at radius 3 is 2.62 bits per heavy atom. The van der Waals surface area contributed by atoms with Crippen LogP contribution in [0.2, 0.25) is 0 Å². The van der Waals surface area contributed by atoms with E-state index in [4.69, 9.17) is 4.74 Å². The second-order valence-electron chi connectivity index (χ2n) is 7.63. The lowest BCUT2D eigenvalue weighted by Crippen LogP contribution is -2.59. The van der Waals surface area contributed by atoms with Gasteiger partial charge in [-0.2, -0.15) is 0 Å². The highest BCUT2D eigenvalue weighted by atomic mass is 16.5. The third-order valence-corrected chi connectivity index (χ3v) is 5.85. The number of likely N-dealkylation sites (tertiary alicyclic amines) is 1. The topological polar surface area (TPSA) is 65.0 Å². The molecule has 0 saturated carbocycles. The van der Waals surface area contributed by atoms with E-state index in [0.29, 0.717) is 24.0 Å². The zero-order chi connectivity index (χ0) is 18.5. The highest BCUT2D eigenvalue weighted by molar-refractivity contribution is 5.41. The SMILES string of the molecule is COc1cc(N2CCN(C3CCN(C(C)C)CC3)C(CCO)C2)ncn1. The summed E-state index contributed by atoms with van der Waals surface area (Å²) in [7, 11) is 1.63. The third-order valence-electron chi connectivity index (χ3n) is 5.85. The summed E-state index contributed by atoms with van der Waals surface area (Å²) in [6.45, 7) is 10.0. The first-order valence-electron chi connectivity index (χ1n) is 9.84. The van der Waals surface area contributed by atoms with Crippen LogP contribution in [0.3, 0.4) is 0 Å². The molecule has 1 N–H and O–H groups in total. The summed E-state index contributed by atoms with van der Waals surface area (Å²) in [6.07, 6.45) is 4.81. The maximum atomic E-state index is 9.59. The second-order valence-corrected chi connectivity index (χ2v) is 7.63. The monoisotopic (exact) mass is 363 g/mol. The average molecular weight is 364 g/mol. The van der Waals surface area contributed by atoms with Crippen molar-refractivity contribution >= 4 is 5.82 Å². The van der Waals surface area contributed by atoms with E-state index >= 15 is 0 Å². The number of aromatic nitrogens is 2. The molecule has 1 unspecified atom stereocenters. The Morgan fingerprint density at radius 2 is 1.96 bits per heavy atom. The molecule has 1 aromatic heterocycles. The molecule has 146 valence electrons. The van der Waals surface area contributed by atoms with Crippen LogP contribution in [0.15, 0.2) is 12.4 Å². The summed E-state index contributed by atoms with van der Waals surface area (Å²) >= 11 is 0. The van der Waals surface area contributed by atoms with Gasteiger partial charge in [0.15, 0.2) is 0 Å². The fraction of sp³-hybridized carbons (Fsp3) is 0.789. The van der Waals surface area contributed by atoms with Crippen LogP contribution >= 0.6 is 0 Å². The first kappa shape index (κ1) is 19.3. The Bertz CT molecular complexity index is 563. The molecular weight excluding hydrogens is 330 g/mol. The molecule has 2 fully saturated rings. The van der Waals surface area contributed by atoms with Gasteiger partial charge in [0.05, 0.1) is 7.11 Å². The number of hydrogen-bond acceptors (Lipinski definition) is 7. The van der Waals surface area contributed by atoms with Crippen LogP contribution in [0.1, 0.15) is 33.1 Å². The van der Waals surface area contributed by atoms with E-state index < -0.39 is 0 Å². The first-order valence-corrected chi connectivity index (χ1v) is 9.84. The lowest BCUT2D eigenvalue weighted by molar-refractivity contribution is 0.0462. The number of hydrogen-bond donors (Lipinski definition) is 1. The molecule has 3 heterocycles. The predicted octanol–water partition coefficient (Wildman–Crippen LogP) is 1.23. The van der Waals surface area contributed by atoms with Gasteiger partial charge in [-0.25, -0.2) is 9.97 Å². The largest absolute Gasteiger partial charge is 0.481 e. The highest BCUT2D eigenvalue weighted by Gasteiger charge is 2.34. The molecule has 0 radical (unpaired) electrons. The summed E-state index contributed by atoms with van der Waals surface area (Å²) in [4.78, 5) is 16.0. The van der Waals surface area contributed by atoms with Crippen molar-refractivity contribution in [2.45, 2.75) is 51.2 Å². The van der Waals surface area contributed by atoms with Crippen molar-refractivity contribution < 1.29 is 9.84 Å². The molecule has 0 bridgehead atoms. The molecule has 0 aliphatic carbocycles. The van der Waals surface area contributed by atoms with Crippen LogP contribution in [0.25, 0.3) is 0 Å². The quantitative estimate of drug-likeness (QED) is 0.815. The molecule has 26 heavy (non-hydrogen) atoms. The van der Waals surface area contributed by atoms with Crippen LogP contribution < -0.4 is 9.64 Å². The minimum Gasteiger partial charge on any atom is -0.481 e. The number of rotatable bonds is 6. The zero-order valence-electron chi connectivity index (χ0n) is 16.3. The molecule has 1 atom stereocenters. The maximum Gasteiger partial charge on any atom is 0.218 e. The number of piperazine rings is 1. The van der Waals surface area contributed by atoms with Gasteiger partial charge in [0.25, 0.3) is 0 Å². The van der Waals surface area contributed by atoms with E-state index in [9.17, 15) is 5.11 Å². The van der Waals surface area contributed by atoms with Crippen LogP contribution in [0.4, 0.5) is 5.82 Å². The molecule has 0 aromatic carbocycles. The normalized spacial score (nSPS) is 23.6. The van der Waals surface area contributed by atoms with Crippen LogP contribution in [-0.2, 0) is 0 Å².